The van der Waals surface area contributed by atoms with Gasteiger partial charge in [-0.15, -0.1) is 0 Å². The number of hydrogen-bond donors (Lipinski definition) is 0. The molecular weight excluding hydrogens is 317 g/mol. The lowest BCUT2D eigenvalue weighted by Gasteiger charge is -2.34. The number of rotatable bonds is 4. The summed E-state index contributed by atoms with van der Waals surface area (Å²) in [4.78, 5) is 10.4. The minimum absolute atomic E-state index is 0.0419. The summed E-state index contributed by atoms with van der Waals surface area (Å²) >= 11 is 0. The Morgan fingerprint density at radius 2 is 1.92 bits per heavy atom. The Balaban J connectivity index is 1.74. The minimum atomic E-state index is -0.394. The molecule has 0 saturated carbocycles. The molecule has 3 aromatic rings. The zero-order chi connectivity index (χ0) is 17.3. The molecule has 4 rings (SSSR count). The number of imidazole rings is 1. The molecule has 0 spiro atoms. The van der Waals surface area contributed by atoms with Gasteiger partial charge in [-0.3, -0.25) is 4.84 Å². The number of likely N-dealkylation sites (N-methyl/N-ethyl adjacent to an activating group) is 1. The molecule has 0 radical (unpaired) electrons. The Kier molecular flexibility index (Phi) is 4.11. The Hall–Kier alpha value is -2.50. The third kappa shape index (κ3) is 2.97. The molecule has 0 N–H and O–H groups in total. The van der Waals surface area contributed by atoms with Gasteiger partial charge in [-0.1, -0.05) is 42.5 Å². The normalized spacial score (nSPS) is 23.8. The lowest BCUT2D eigenvalue weighted by atomic mass is 9.83. The number of benzene rings is 2. The monoisotopic (exact) mass is 337 g/mol. The fourth-order valence-electron chi connectivity index (χ4n) is 3.61. The third-order valence-corrected chi connectivity index (χ3v) is 4.97. The van der Waals surface area contributed by atoms with Gasteiger partial charge < -0.3 is 4.57 Å². The summed E-state index contributed by atoms with van der Waals surface area (Å²) in [5.41, 5.74) is 1.78. The second-order valence-electron chi connectivity index (χ2n) is 6.48. The number of hydrogen-bond acceptors (Lipinski definition) is 3. The van der Waals surface area contributed by atoms with Crippen LogP contribution in [-0.4, -0.2) is 21.7 Å². The maximum absolute atomic E-state index is 13.5. The first-order valence-electron chi connectivity index (χ1n) is 8.35. The maximum atomic E-state index is 13.5. The SMILES string of the molecule is CN1OC(c2ccccc2)CC1(Cn1ccnc1)c1ccc(F)cc1. The van der Waals surface area contributed by atoms with E-state index >= 15 is 0 Å². The fraction of sp³-hybridized carbons (Fsp3) is 0.250. The highest BCUT2D eigenvalue weighted by Gasteiger charge is 2.47. The van der Waals surface area contributed by atoms with Crippen LogP contribution in [0.25, 0.3) is 0 Å². The van der Waals surface area contributed by atoms with Crippen LogP contribution in [-0.2, 0) is 16.9 Å². The zero-order valence-electron chi connectivity index (χ0n) is 14.0. The molecule has 0 amide bonds. The molecule has 25 heavy (non-hydrogen) atoms. The highest BCUT2D eigenvalue weighted by Crippen LogP contribution is 2.46. The van der Waals surface area contributed by atoms with Crippen molar-refractivity contribution in [2.24, 2.45) is 0 Å². The van der Waals surface area contributed by atoms with E-state index in [1.807, 2.05) is 53.2 Å². The molecule has 1 fully saturated rings. The van der Waals surface area contributed by atoms with E-state index < -0.39 is 5.54 Å². The molecule has 2 atom stereocenters. The van der Waals surface area contributed by atoms with Gasteiger partial charge in [0.25, 0.3) is 0 Å². The quantitative estimate of drug-likeness (QED) is 0.723. The second kappa shape index (κ2) is 6.43. The van der Waals surface area contributed by atoms with Crippen LogP contribution in [0.2, 0.25) is 0 Å². The van der Waals surface area contributed by atoms with Crippen LogP contribution in [0.4, 0.5) is 4.39 Å². The Morgan fingerprint density at radius 3 is 2.60 bits per heavy atom. The van der Waals surface area contributed by atoms with E-state index in [1.165, 1.54) is 12.1 Å². The predicted octanol–water partition coefficient (Wildman–Crippen LogP) is 3.93. The number of nitrogens with zero attached hydrogens (tertiary/aromatic N) is 3. The third-order valence-electron chi connectivity index (χ3n) is 4.97. The van der Waals surface area contributed by atoms with Crippen LogP contribution in [0.15, 0.2) is 73.3 Å². The van der Waals surface area contributed by atoms with Crippen molar-refractivity contribution in [2.45, 2.75) is 24.6 Å². The van der Waals surface area contributed by atoms with E-state index in [9.17, 15) is 4.39 Å². The smallest absolute Gasteiger partial charge is 0.123 e. The van der Waals surface area contributed by atoms with E-state index in [0.29, 0.717) is 6.54 Å². The van der Waals surface area contributed by atoms with E-state index in [-0.39, 0.29) is 11.9 Å². The molecule has 2 unspecified atom stereocenters. The summed E-state index contributed by atoms with van der Waals surface area (Å²) in [6.07, 6.45) is 6.24. The first kappa shape index (κ1) is 16.0. The minimum Gasteiger partial charge on any atom is -0.335 e. The summed E-state index contributed by atoms with van der Waals surface area (Å²) in [5, 5.41) is 1.91. The van der Waals surface area contributed by atoms with Crippen molar-refractivity contribution in [1.82, 2.24) is 14.6 Å². The first-order chi connectivity index (χ1) is 12.2. The van der Waals surface area contributed by atoms with Gasteiger partial charge in [-0.25, -0.2) is 9.37 Å². The molecule has 2 heterocycles. The van der Waals surface area contributed by atoms with Gasteiger partial charge in [-0.2, -0.15) is 5.06 Å². The van der Waals surface area contributed by atoms with E-state index in [4.69, 9.17) is 4.84 Å². The standard InChI is InChI=1S/C20H20FN3O/c1-23-20(14-24-12-11-22-15-24,17-7-9-18(21)10-8-17)13-19(25-23)16-5-3-2-4-6-16/h2-12,15,19H,13-14H2,1H3. The molecule has 5 heteroatoms. The zero-order valence-corrected chi connectivity index (χ0v) is 14.0. The molecule has 0 bridgehead atoms. The van der Waals surface area contributed by atoms with Crippen LogP contribution >= 0.6 is 0 Å². The van der Waals surface area contributed by atoms with Crippen LogP contribution in [0.1, 0.15) is 23.7 Å². The summed E-state index contributed by atoms with van der Waals surface area (Å²) in [7, 11) is 1.95. The number of hydroxylamine groups is 2. The van der Waals surface area contributed by atoms with E-state index in [0.717, 1.165) is 17.5 Å². The van der Waals surface area contributed by atoms with Crippen LogP contribution in [0.5, 0.6) is 0 Å². The van der Waals surface area contributed by atoms with Crippen LogP contribution in [0.3, 0.4) is 0 Å². The van der Waals surface area contributed by atoms with Crippen LogP contribution < -0.4 is 0 Å². The van der Waals surface area contributed by atoms with Crippen molar-refractivity contribution in [3.63, 3.8) is 0 Å². The fourth-order valence-corrected chi connectivity index (χ4v) is 3.61. The summed E-state index contributed by atoms with van der Waals surface area (Å²) < 4.78 is 15.5. The van der Waals surface area contributed by atoms with E-state index in [2.05, 4.69) is 17.1 Å². The van der Waals surface area contributed by atoms with Crippen molar-refractivity contribution < 1.29 is 9.23 Å². The second-order valence-corrected chi connectivity index (χ2v) is 6.48. The van der Waals surface area contributed by atoms with Gasteiger partial charge in [0.05, 0.1) is 11.9 Å². The van der Waals surface area contributed by atoms with E-state index in [1.54, 1.807) is 12.5 Å². The highest BCUT2D eigenvalue weighted by atomic mass is 19.1. The Bertz CT molecular complexity index is 820. The van der Waals surface area contributed by atoms with Gasteiger partial charge in [0.15, 0.2) is 0 Å². The van der Waals surface area contributed by atoms with Crippen molar-refractivity contribution >= 4 is 0 Å². The van der Waals surface area contributed by atoms with Crippen molar-refractivity contribution in [2.75, 3.05) is 7.05 Å². The lowest BCUT2D eigenvalue weighted by molar-refractivity contribution is -0.176. The summed E-state index contributed by atoms with van der Waals surface area (Å²) in [5.74, 6) is -0.234. The lowest BCUT2D eigenvalue weighted by Crippen LogP contribution is -2.41. The van der Waals surface area contributed by atoms with Gasteiger partial charge in [0.2, 0.25) is 0 Å². The molecule has 128 valence electrons. The predicted molar refractivity (Wildman–Crippen MR) is 93.0 cm³/mol. The average Bonchev–Trinajstić information content (AvgIpc) is 3.25. The summed E-state index contributed by atoms with van der Waals surface area (Å²) in [6.45, 7) is 0.679. The van der Waals surface area contributed by atoms with Crippen molar-refractivity contribution in [3.05, 3.63) is 90.3 Å². The van der Waals surface area contributed by atoms with Crippen molar-refractivity contribution in [3.8, 4) is 0 Å². The number of aromatic nitrogens is 2. The molecule has 1 saturated heterocycles. The molecule has 1 aromatic heterocycles. The molecule has 1 aliphatic rings. The Labute approximate surface area is 146 Å². The molecule has 0 aliphatic carbocycles. The molecule has 1 aliphatic heterocycles. The summed E-state index contributed by atoms with van der Waals surface area (Å²) in [6, 6.07) is 16.9. The largest absolute Gasteiger partial charge is 0.335 e. The van der Waals surface area contributed by atoms with Gasteiger partial charge in [0.1, 0.15) is 11.9 Å². The Morgan fingerprint density at radius 1 is 1.16 bits per heavy atom. The molecule has 4 nitrogen and oxygen atoms in total. The molecular formula is C20H20FN3O. The molecule has 2 aromatic carbocycles. The van der Waals surface area contributed by atoms with Crippen molar-refractivity contribution in [1.29, 1.82) is 0 Å². The van der Waals surface area contributed by atoms with Gasteiger partial charge in [0, 0.05) is 32.4 Å². The van der Waals surface area contributed by atoms with Crippen LogP contribution in [0, 0.1) is 5.82 Å². The van der Waals surface area contributed by atoms with Gasteiger partial charge >= 0.3 is 0 Å². The van der Waals surface area contributed by atoms with Gasteiger partial charge in [-0.05, 0) is 23.3 Å². The average molecular weight is 337 g/mol. The topological polar surface area (TPSA) is 30.3 Å². The number of halogens is 1. The first-order valence-corrected chi connectivity index (χ1v) is 8.35. The maximum Gasteiger partial charge on any atom is 0.123 e. The highest BCUT2D eigenvalue weighted by molar-refractivity contribution is 5.28.